The molecule has 0 radical (unpaired) electrons. The van der Waals surface area contributed by atoms with E-state index in [1.54, 1.807) is 23.5 Å². The van der Waals surface area contributed by atoms with Gasteiger partial charge < -0.3 is 5.32 Å². The monoisotopic (exact) mass is 220 g/mol. The van der Waals surface area contributed by atoms with E-state index in [4.69, 9.17) is 0 Å². The SMILES string of the molecule is CSC(C)CNC(=O)C1CSCN1. The first-order valence-electron chi connectivity index (χ1n) is 4.35. The fourth-order valence-electron chi connectivity index (χ4n) is 1.01. The number of amides is 1. The van der Waals surface area contributed by atoms with Crippen LogP contribution in [-0.4, -0.2) is 41.6 Å². The Bertz CT molecular complexity index is 172. The van der Waals surface area contributed by atoms with Crippen molar-refractivity contribution < 1.29 is 4.79 Å². The maximum Gasteiger partial charge on any atom is 0.238 e. The molecule has 0 aliphatic carbocycles. The molecule has 2 atom stereocenters. The molecule has 1 rings (SSSR count). The van der Waals surface area contributed by atoms with Crippen LogP contribution in [0.4, 0.5) is 0 Å². The molecule has 76 valence electrons. The second-order valence-electron chi connectivity index (χ2n) is 3.06. The average Bonchev–Trinajstić information content (AvgIpc) is 2.66. The van der Waals surface area contributed by atoms with Gasteiger partial charge in [0, 0.05) is 23.4 Å². The van der Waals surface area contributed by atoms with Crippen LogP contribution in [0.25, 0.3) is 0 Å². The smallest absolute Gasteiger partial charge is 0.238 e. The van der Waals surface area contributed by atoms with Crippen LogP contribution < -0.4 is 10.6 Å². The first-order valence-corrected chi connectivity index (χ1v) is 6.80. The normalized spacial score (nSPS) is 24.3. The Kier molecular flexibility index (Phi) is 4.98. The highest BCUT2D eigenvalue weighted by molar-refractivity contribution is 7.99. The van der Waals surface area contributed by atoms with Crippen LogP contribution in [0.5, 0.6) is 0 Å². The van der Waals surface area contributed by atoms with Gasteiger partial charge in [-0.25, -0.2) is 0 Å². The molecule has 1 aliphatic rings. The van der Waals surface area contributed by atoms with Gasteiger partial charge in [-0.3, -0.25) is 10.1 Å². The summed E-state index contributed by atoms with van der Waals surface area (Å²) >= 11 is 3.54. The number of carbonyl (C=O) groups excluding carboxylic acids is 1. The molecule has 0 bridgehead atoms. The van der Waals surface area contributed by atoms with Crippen molar-refractivity contribution in [2.24, 2.45) is 0 Å². The van der Waals surface area contributed by atoms with Gasteiger partial charge in [0.25, 0.3) is 0 Å². The summed E-state index contributed by atoms with van der Waals surface area (Å²) in [5.74, 6) is 1.95. The maximum atomic E-state index is 11.5. The predicted molar refractivity (Wildman–Crippen MR) is 60.2 cm³/mol. The molecule has 1 amide bonds. The van der Waals surface area contributed by atoms with Crippen molar-refractivity contribution in [1.29, 1.82) is 0 Å². The first-order chi connectivity index (χ1) is 6.24. The van der Waals surface area contributed by atoms with E-state index in [-0.39, 0.29) is 11.9 Å². The van der Waals surface area contributed by atoms with Crippen molar-refractivity contribution in [1.82, 2.24) is 10.6 Å². The molecule has 13 heavy (non-hydrogen) atoms. The lowest BCUT2D eigenvalue weighted by atomic mass is 10.3. The topological polar surface area (TPSA) is 41.1 Å². The van der Waals surface area contributed by atoms with Gasteiger partial charge in [-0.1, -0.05) is 6.92 Å². The fourth-order valence-corrected chi connectivity index (χ4v) is 2.21. The molecule has 3 nitrogen and oxygen atoms in total. The molecule has 1 saturated heterocycles. The third kappa shape index (κ3) is 3.79. The number of rotatable bonds is 4. The molecule has 0 saturated carbocycles. The summed E-state index contributed by atoms with van der Waals surface area (Å²) < 4.78 is 0. The number of hydrogen-bond donors (Lipinski definition) is 2. The highest BCUT2D eigenvalue weighted by Gasteiger charge is 2.22. The molecule has 1 aliphatic heterocycles. The maximum absolute atomic E-state index is 11.5. The van der Waals surface area contributed by atoms with Gasteiger partial charge >= 0.3 is 0 Å². The minimum atomic E-state index is 0.0269. The Balaban J connectivity index is 2.16. The van der Waals surface area contributed by atoms with Crippen LogP contribution in [0.3, 0.4) is 0 Å². The molecule has 1 heterocycles. The number of thioether (sulfide) groups is 2. The third-order valence-corrected chi connectivity index (χ3v) is 3.91. The van der Waals surface area contributed by atoms with Crippen LogP contribution in [0.15, 0.2) is 0 Å². The Morgan fingerprint density at radius 2 is 2.62 bits per heavy atom. The summed E-state index contributed by atoms with van der Waals surface area (Å²) in [6.45, 7) is 2.88. The molecule has 1 fully saturated rings. The zero-order chi connectivity index (χ0) is 9.68. The number of hydrogen-bond acceptors (Lipinski definition) is 4. The van der Waals surface area contributed by atoms with E-state index < -0.39 is 0 Å². The van der Waals surface area contributed by atoms with E-state index in [0.29, 0.717) is 5.25 Å². The molecule has 2 unspecified atom stereocenters. The van der Waals surface area contributed by atoms with E-state index in [2.05, 4.69) is 23.8 Å². The number of carbonyl (C=O) groups is 1. The van der Waals surface area contributed by atoms with Crippen molar-refractivity contribution in [2.75, 3.05) is 24.4 Å². The molecule has 2 N–H and O–H groups in total. The van der Waals surface area contributed by atoms with Crippen LogP contribution >= 0.6 is 23.5 Å². The van der Waals surface area contributed by atoms with Gasteiger partial charge in [0.05, 0.1) is 6.04 Å². The predicted octanol–water partition coefficient (Wildman–Crippen LogP) is 0.517. The average molecular weight is 220 g/mol. The lowest BCUT2D eigenvalue weighted by Crippen LogP contribution is -2.43. The summed E-state index contributed by atoms with van der Waals surface area (Å²) in [7, 11) is 0. The Labute approximate surface area is 87.8 Å². The summed E-state index contributed by atoms with van der Waals surface area (Å²) in [4.78, 5) is 11.5. The molecule has 0 aromatic carbocycles. The van der Waals surface area contributed by atoms with Crippen molar-refractivity contribution in [3.05, 3.63) is 0 Å². The van der Waals surface area contributed by atoms with Gasteiger partial charge in [-0.2, -0.15) is 11.8 Å². The van der Waals surface area contributed by atoms with Crippen molar-refractivity contribution in [2.45, 2.75) is 18.2 Å². The zero-order valence-corrected chi connectivity index (χ0v) is 9.63. The van der Waals surface area contributed by atoms with Gasteiger partial charge in [0.1, 0.15) is 0 Å². The minimum Gasteiger partial charge on any atom is -0.354 e. The standard InChI is InChI=1S/C8H16N2OS2/c1-6(12-2)3-9-8(11)7-4-13-5-10-7/h6-7,10H,3-5H2,1-2H3,(H,9,11). The van der Waals surface area contributed by atoms with Gasteiger partial charge in [-0.05, 0) is 6.26 Å². The first kappa shape index (κ1) is 11.2. The van der Waals surface area contributed by atoms with Gasteiger partial charge in [0.15, 0.2) is 0 Å². The van der Waals surface area contributed by atoms with E-state index >= 15 is 0 Å². The molecule has 5 heteroatoms. The minimum absolute atomic E-state index is 0.0269. The van der Waals surface area contributed by atoms with E-state index in [9.17, 15) is 4.79 Å². The Hall–Kier alpha value is 0.130. The van der Waals surface area contributed by atoms with Crippen LogP contribution in [0.2, 0.25) is 0 Å². The van der Waals surface area contributed by atoms with Crippen LogP contribution in [0.1, 0.15) is 6.92 Å². The molecule has 0 aromatic heterocycles. The van der Waals surface area contributed by atoms with E-state index in [1.807, 2.05) is 0 Å². The second kappa shape index (κ2) is 5.78. The molecular formula is C8H16N2OS2. The highest BCUT2D eigenvalue weighted by Crippen LogP contribution is 2.09. The van der Waals surface area contributed by atoms with Gasteiger partial charge in [-0.15, -0.1) is 11.8 Å². The largest absolute Gasteiger partial charge is 0.354 e. The molecular weight excluding hydrogens is 204 g/mol. The summed E-state index contributed by atoms with van der Waals surface area (Å²) in [5.41, 5.74) is 0. The second-order valence-corrected chi connectivity index (χ2v) is 5.37. The fraction of sp³-hybridized carbons (Fsp3) is 0.875. The third-order valence-electron chi connectivity index (χ3n) is 2.00. The zero-order valence-electron chi connectivity index (χ0n) is 8.00. The highest BCUT2D eigenvalue weighted by atomic mass is 32.2. The summed E-state index contributed by atoms with van der Waals surface area (Å²) in [6.07, 6.45) is 2.06. The summed E-state index contributed by atoms with van der Waals surface area (Å²) in [6, 6.07) is 0.0269. The van der Waals surface area contributed by atoms with Crippen LogP contribution in [-0.2, 0) is 4.79 Å². The van der Waals surface area contributed by atoms with Crippen molar-refractivity contribution in [3.63, 3.8) is 0 Å². The Morgan fingerprint density at radius 1 is 1.85 bits per heavy atom. The lowest BCUT2D eigenvalue weighted by molar-refractivity contribution is -0.122. The number of nitrogens with one attached hydrogen (secondary N) is 2. The molecule has 0 aromatic rings. The van der Waals surface area contributed by atoms with Crippen molar-refractivity contribution >= 4 is 29.4 Å². The van der Waals surface area contributed by atoms with E-state index in [1.165, 1.54) is 0 Å². The lowest BCUT2D eigenvalue weighted by Gasteiger charge is -2.13. The summed E-state index contributed by atoms with van der Waals surface area (Å²) in [5, 5.41) is 6.58. The molecule has 0 spiro atoms. The quantitative estimate of drug-likeness (QED) is 0.724. The van der Waals surface area contributed by atoms with Crippen molar-refractivity contribution in [3.8, 4) is 0 Å². The van der Waals surface area contributed by atoms with E-state index in [0.717, 1.165) is 18.2 Å². The Morgan fingerprint density at radius 3 is 3.15 bits per heavy atom. The van der Waals surface area contributed by atoms with Gasteiger partial charge in [0.2, 0.25) is 5.91 Å². The van der Waals surface area contributed by atoms with Crippen LogP contribution in [0, 0.1) is 0 Å².